The van der Waals surface area contributed by atoms with Gasteiger partial charge in [0.1, 0.15) is 5.78 Å². The molecule has 0 aliphatic rings. The molecule has 0 heterocycles. The van der Waals surface area contributed by atoms with Crippen LogP contribution in [-0.4, -0.2) is 60.2 Å². The molecule has 0 aromatic carbocycles. The number of esters is 1. The summed E-state index contributed by atoms with van der Waals surface area (Å²) in [6.45, 7) is 5.99. The summed E-state index contributed by atoms with van der Waals surface area (Å²) < 4.78 is 4.97. The number of ketones is 1. The quantitative estimate of drug-likeness (QED) is 0.0161. The van der Waals surface area contributed by atoms with Crippen molar-refractivity contribution < 1.29 is 19.1 Å². The molecule has 0 aromatic heterocycles. The van der Waals surface area contributed by atoms with Gasteiger partial charge in [0.25, 0.3) is 0 Å². The lowest BCUT2D eigenvalue weighted by Gasteiger charge is -2.26. The molecule has 0 radical (unpaired) electrons. The summed E-state index contributed by atoms with van der Waals surface area (Å²) in [6, 6.07) is -1.24. The van der Waals surface area contributed by atoms with Crippen molar-refractivity contribution in [2.45, 2.75) is 206 Å². The fourth-order valence-corrected chi connectivity index (χ4v) is 6.31. The van der Waals surface area contributed by atoms with Gasteiger partial charge in [-0.1, -0.05) is 102 Å². The molecule has 302 valence electrons. The van der Waals surface area contributed by atoms with E-state index in [9.17, 15) is 14.4 Å². The van der Waals surface area contributed by atoms with E-state index >= 15 is 0 Å². The van der Waals surface area contributed by atoms with Crippen LogP contribution in [-0.2, 0) is 19.1 Å². The van der Waals surface area contributed by atoms with Crippen LogP contribution in [0.15, 0.2) is 24.3 Å². The number of allylic oxidation sites excluding steroid dienone is 4. The number of nitrogens with zero attached hydrogens (tertiary/aromatic N) is 1. The van der Waals surface area contributed by atoms with E-state index in [1.807, 2.05) is 11.8 Å². The summed E-state index contributed by atoms with van der Waals surface area (Å²) in [6.07, 6.45) is 37.0. The van der Waals surface area contributed by atoms with Gasteiger partial charge in [0, 0.05) is 32.4 Å². The molecule has 0 saturated carbocycles. The fourth-order valence-electron chi connectivity index (χ4n) is 6.31. The lowest BCUT2D eigenvalue weighted by molar-refractivity contribution is -0.143. The molecule has 0 bridgehead atoms. The van der Waals surface area contributed by atoms with E-state index in [1.165, 1.54) is 83.5 Å². The molecule has 9 nitrogen and oxygen atoms in total. The van der Waals surface area contributed by atoms with E-state index in [1.54, 1.807) is 0 Å². The molecule has 0 saturated heterocycles. The van der Waals surface area contributed by atoms with Crippen LogP contribution in [0.3, 0.4) is 0 Å². The van der Waals surface area contributed by atoms with Crippen molar-refractivity contribution in [2.24, 2.45) is 17.2 Å². The first-order chi connectivity index (χ1) is 25.2. The number of Topliss-reactive ketones (excluding diaryl/α,β-unsaturated/α-hetero) is 1. The zero-order valence-electron chi connectivity index (χ0n) is 33.7. The Hall–Kier alpha value is -2.52. The van der Waals surface area contributed by atoms with E-state index in [2.05, 4.69) is 31.2 Å². The van der Waals surface area contributed by atoms with Gasteiger partial charge < -0.3 is 26.8 Å². The molecule has 0 rings (SSSR count). The number of carbonyl (C=O) groups is 3. The van der Waals surface area contributed by atoms with Gasteiger partial charge in [0.05, 0.1) is 24.5 Å². The van der Waals surface area contributed by atoms with Gasteiger partial charge in [0.15, 0.2) is 0 Å². The minimum Gasteiger partial charge on any atom is -0.466 e. The first-order valence-corrected chi connectivity index (χ1v) is 21.3. The second-order valence-corrected chi connectivity index (χ2v) is 14.6. The van der Waals surface area contributed by atoms with Crippen molar-refractivity contribution >= 4 is 23.5 Å². The third-order valence-corrected chi connectivity index (χ3v) is 9.67. The molecule has 0 aliphatic heterocycles. The molecule has 0 aromatic rings. The van der Waals surface area contributed by atoms with Crippen LogP contribution in [0.25, 0.3) is 0 Å². The van der Waals surface area contributed by atoms with Crippen LogP contribution >= 0.6 is 0 Å². The third kappa shape index (κ3) is 32.2. The third-order valence-electron chi connectivity index (χ3n) is 9.67. The van der Waals surface area contributed by atoms with Gasteiger partial charge >= 0.3 is 5.97 Å². The molecule has 52 heavy (non-hydrogen) atoms. The second-order valence-electron chi connectivity index (χ2n) is 14.6. The molecule has 0 spiro atoms. The highest BCUT2D eigenvalue weighted by molar-refractivity contribution is 5.86. The summed E-state index contributed by atoms with van der Waals surface area (Å²) >= 11 is 0. The maximum atomic E-state index is 13.4. The lowest BCUT2D eigenvalue weighted by Crippen LogP contribution is -2.45. The summed E-state index contributed by atoms with van der Waals surface area (Å²) in [5.41, 5.74) is 17.9. The van der Waals surface area contributed by atoms with Crippen LogP contribution in [0.5, 0.6) is 0 Å². The van der Waals surface area contributed by atoms with Crippen molar-refractivity contribution in [3.63, 3.8) is 0 Å². The SMILES string of the molecule is CCCCC/C=C\CCCCCCCCN(CCCCCCCC/C=C\CCCCC(=O)OCC)C(=O)C(N)CCC(=O)C(N)CCCCC(=N)N. The first kappa shape index (κ1) is 49.5. The van der Waals surface area contributed by atoms with Gasteiger partial charge in [-0.2, -0.15) is 0 Å². The Bertz CT molecular complexity index is 954. The number of hydrogen-bond acceptors (Lipinski definition) is 7. The smallest absolute Gasteiger partial charge is 0.305 e. The summed E-state index contributed by atoms with van der Waals surface area (Å²) in [5.74, 6) is -0.0306. The van der Waals surface area contributed by atoms with Crippen LogP contribution in [0.1, 0.15) is 194 Å². The Morgan fingerprint density at radius 1 is 0.577 bits per heavy atom. The molecular formula is C43H81N5O4. The predicted molar refractivity (Wildman–Crippen MR) is 219 cm³/mol. The van der Waals surface area contributed by atoms with E-state index < -0.39 is 12.1 Å². The summed E-state index contributed by atoms with van der Waals surface area (Å²) in [4.78, 5) is 39.4. The molecule has 0 aliphatic carbocycles. The Morgan fingerprint density at radius 3 is 1.54 bits per heavy atom. The number of unbranched alkanes of at least 4 members (excludes halogenated alkanes) is 18. The first-order valence-electron chi connectivity index (χ1n) is 21.3. The number of carbonyl (C=O) groups excluding carboxylic acids is 3. The minimum absolute atomic E-state index is 0.0405. The molecule has 9 heteroatoms. The summed E-state index contributed by atoms with van der Waals surface area (Å²) in [5, 5.41) is 7.33. The Balaban J connectivity index is 4.49. The van der Waals surface area contributed by atoms with Crippen molar-refractivity contribution in [1.29, 1.82) is 5.41 Å². The molecule has 2 atom stereocenters. The predicted octanol–water partition coefficient (Wildman–Crippen LogP) is 9.59. The average Bonchev–Trinajstić information content (AvgIpc) is 3.12. The van der Waals surface area contributed by atoms with Gasteiger partial charge in [-0.05, 0) is 96.8 Å². The van der Waals surface area contributed by atoms with Crippen LogP contribution in [0, 0.1) is 5.41 Å². The molecule has 0 fully saturated rings. The molecule has 2 unspecified atom stereocenters. The molecule has 7 N–H and O–H groups in total. The largest absolute Gasteiger partial charge is 0.466 e. The normalized spacial score (nSPS) is 12.8. The van der Waals surface area contributed by atoms with Crippen molar-refractivity contribution in [3.8, 4) is 0 Å². The number of nitrogens with two attached hydrogens (primary N) is 3. The average molecular weight is 732 g/mol. The summed E-state index contributed by atoms with van der Waals surface area (Å²) in [7, 11) is 0. The standard InChI is InChI=1S/C43H81N5O4/c1-3-5-6-7-8-9-10-12-15-18-21-24-29-36-48(43(51)39(45)34-35-40(49)38(44)31-27-28-32-41(46)47)37-30-25-22-19-16-13-11-14-17-20-23-26-33-42(50)52-4-2/h8-9,14,17,38-39H,3-7,10-13,15-16,18-37,44-45H2,1-2H3,(H3,46,47)/b9-8-,17-14-. The second kappa shape index (κ2) is 36.8. The number of nitrogens with one attached hydrogen (secondary N) is 1. The van der Waals surface area contributed by atoms with Gasteiger partial charge in [-0.15, -0.1) is 0 Å². The van der Waals surface area contributed by atoms with Crippen LogP contribution in [0.2, 0.25) is 0 Å². The van der Waals surface area contributed by atoms with E-state index in [4.69, 9.17) is 27.3 Å². The van der Waals surface area contributed by atoms with Crippen molar-refractivity contribution in [3.05, 3.63) is 24.3 Å². The van der Waals surface area contributed by atoms with Gasteiger partial charge in [-0.25, -0.2) is 0 Å². The maximum Gasteiger partial charge on any atom is 0.305 e. The highest BCUT2D eigenvalue weighted by Gasteiger charge is 2.23. The highest BCUT2D eigenvalue weighted by Crippen LogP contribution is 2.14. The molecule has 1 amide bonds. The number of amides is 1. The fraction of sp³-hybridized carbons (Fsp3) is 0.814. The maximum absolute atomic E-state index is 13.4. The highest BCUT2D eigenvalue weighted by atomic mass is 16.5. The Morgan fingerprint density at radius 2 is 1.04 bits per heavy atom. The monoisotopic (exact) mass is 732 g/mol. The minimum atomic E-state index is -0.686. The van der Waals surface area contributed by atoms with E-state index in [-0.39, 0.29) is 29.9 Å². The Kier molecular flexibility index (Phi) is 35.0. The topological polar surface area (TPSA) is 166 Å². The number of rotatable bonds is 38. The lowest BCUT2D eigenvalue weighted by atomic mass is 9.99. The van der Waals surface area contributed by atoms with Crippen LogP contribution < -0.4 is 17.2 Å². The zero-order chi connectivity index (χ0) is 38.5. The molecular weight excluding hydrogens is 651 g/mol. The number of amidine groups is 1. The van der Waals surface area contributed by atoms with Gasteiger partial charge in [-0.3, -0.25) is 19.8 Å². The van der Waals surface area contributed by atoms with E-state index in [0.29, 0.717) is 32.3 Å². The van der Waals surface area contributed by atoms with Crippen molar-refractivity contribution in [2.75, 3.05) is 19.7 Å². The zero-order valence-corrected chi connectivity index (χ0v) is 33.7. The number of hydrogen-bond donors (Lipinski definition) is 4. The number of ether oxygens (including phenoxy) is 1. The van der Waals surface area contributed by atoms with E-state index in [0.717, 1.165) is 77.3 Å². The van der Waals surface area contributed by atoms with Gasteiger partial charge in [0.2, 0.25) is 5.91 Å². The van der Waals surface area contributed by atoms with Crippen LogP contribution in [0.4, 0.5) is 0 Å². The Labute approximate surface area is 319 Å². The van der Waals surface area contributed by atoms with Crippen molar-refractivity contribution in [1.82, 2.24) is 4.90 Å².